The molecule has 0 bridgehead atoms. The number of ether oxygens (including phenoxy) is 1. The maximum atomic E-state index is 6.21. The fourth-order valence-electron chi connectivity index (χ4n) is 5.25. The second-order valence-corrected chi connectivity index (χ2v) is 8.67. The molecule has 33 heavy (non-hydrogen) atoms. The van der Waals surface area contributed by atoms with Crippen LogP contribution < -0.4 is 38.2 Å². The lowest BCUT2D eigenvalue weighted by Gasteiger charge is -2.15. The van der Waals surface area contributed by atoms with Gasteiger partial charge in [0.05, 0.1) is 18.8 Å². The van der Waals surface area contributed by atoms with Gasteiger partial charge in [0.1, 0.15) is 0 Å². The molecule has 0 N–H and O–H groups in total. The van der Waals surface area contributed by atoms with Crippen molar-refractivity contribution in [1.29, 1.82) is 0 Å². The van der Waals surface area contributed by atoms with Gasteiger partial charge in [-0.05, 0) is 73.5 Å². The zero-order valence-electron chi connectivity index (χ0n) is 19.3. The largest absolute Gasteiger partial charge is 1.00 e. The molecule has 0 amide bonds. The number of rotatable bonds is 3. The normalized spacial score (nSPS) is 17.0. The molecule has 0 unspecified atom stereocenters. The number of anilines is 1. The van der Waals surface area contributed by atoms with Gasteiger partial charge in [-0.3, -0.25) is 0 Å². The van der Waals surface area contributed by atoms with Crippen molar-refractivity contribution in [2.24, 2.45) is 0 Å². The molecular formula is C28H28IN3O. The minimum Gasteiger partial charge on any atom is -1.00 e. The van der Waals surface area contributed by atoms with E-state index in [0.717, 1.165) is 43.4 Å². The van der Waals surface area contributed by atoms with Crippen LogP contribution in [0, 0.1) is 6.92 Å². The number of hydrogen-bond donors (Lipinski definition) is 0. The topological polar surface area (TPSA) is 21.3 Å². The first-order valence-corrected chi connectivity index (χ1v) is 11.6. The Balaban J connectivity index is 0.00000228. The number of imidazole rings is 1. The highest BCUT2D eigenvalue weighted by atomic mass is 127. The van der Waals surface area contributed by atoms with Crippen molar-refractivity contribution < 1.29 is 33.3 Å². The molecule has 0 saturated heterocycles. The summed E-state index contributed by atoms with van der Waals surface area (Å²) < 4.78 is 11.2. The molecule has 0 saturated carbocycles. The first kappa shape index (κ1) is 22.0. The van der Waals surface area contributed by atoms with E-state index in [1.165, 1.54) is 38.8 Å². The highest BCUT2D eigenvalue weighted by Crippen LogP contribution is 2.40. The van der Waals surface area contributed by atoms with E-state index in [1.54, 1.807) is 0 Å². The van der Waals surface area contributed by atoms with Crippen molar-refractivity contribution in [3.05, 3.63) is 84.0 Å². The molecule has 0 aliphatic carbocycles. The van der Waals surface area contributed by atoms with Crippen molar-refractivity contribution >= 4 is 33.1 Å². The molecule has 0 radical (unpaired) electrons. The third-order valence-corrected chi connectivity index (χ3v) is 6.77. The number of halogens is 1. The van der Waals surface area contributed by atoms with Crippen LogP contribution in [0.2, 0.25) is 0 Å². The van der Waals surface area contributed by atoms with Crippen LogP contribution in [0.5, 0.6) is 5.75 Å². The minimum absolute atomic E-state index is 0. The summed E-state index contributed by atoms with van der Waals surface area (Å²) in [6.07, 6.45) is 5.46. The average molecular weight is 549 g/mol. The molecule has 0 spiro atoms. The summed E-state index contributed by atoms with van der Waals surface area (Å²) in [6.45, 7) is 9.39. The van der Waals surface area contributed by atoms with Gasteiger partial charge in [0, 0.05) is 18.5 Å². The van der Waals surface area contributed by atoms with Gasteiger partial charge in [-0.15, -0.1) is 0 Å². The number of benzene rings is 3. The van der Waals surface area contributed by atoms with Crippen molar-refractivity contribution in [3.63, 3.8) is 0 Å². The van der Waals surface area contributed by atoms with E-state index >= 15 is 0 Å². The standard InChI is InChI=1S/C28H28N3O.HI/c1-4-29-25-16-19(3)10-12-26(25)32-27(29)13-11-20-14-15-31-24-18-22-9-7-6-8-21(22)17-23(24)30(5-2)28(20)31;/h6-13,16-18H,4-5,14-15H2,1-3H3;1H/q+1;/p-1. The minimum atomic E-state index is 0. The highest BCUT2D eigenvalue weighted by Gasteiger charge is 2.33. The van der Waals surface area contributed by atoms with Crippen LogP contribution in [-0.4, -0.2) is 11.1 Å². The molecule has 2 aliphatic rings. The van der Waals surface area contributed by atoms with Crippen LogP contribution >= 0.6 is 0 Å². The molecular weight excluding hydrogens is 521 g/mol. The Labute approximate surface area is 211 Å². The summed E-state index contributed by atoms with van der Waals surface area (Å²) in [7, 11) is 0. The molecule has 5 heteroatoms. The van der Waals surface area contributed by atoms with E-state index < -0.39 is 0 Å². The third kappa shape index (κ3) is 3.44. The molecule has 4 nitrogen and oxygen atoms in total. The Kier molecular flexibility index (Phi) is 5.69. The second kappa shape index (κ2) is 8.52. The summed E-state index contributed by atoms with van der Waals surface area (Å²) in [5.74, 6) is 3.17. The van der Waals surface area contributed by atoms with Crippen LogP contribution in [0.15, 0.2) is 72.6 Å². The number of aromatic nitrogens is 2. The lowest BCUT2D eigenvalue weighted by Crippen LogP contribution is -3.00. The van der Waals surface area contributed by atoms with Crippen molar-refractivity contribution in [2.45, 2.75) is 40.3 Å². The summed E-state index contributed by atoms with van der Waals surface area (Å²) in [5.41, 5.74) is 6.42. The summed E-state index contributed by atoms with van der Waals surface area (Å²) in [4.78, 5) is 2.25. The maximum Gasteiger partial charge on any atom is 0.285 e. The van der Waals surface area contributed by atoms with Gasteiger partial charge in [0.2, 0.25) is 5.88 Å². The van der Waals surface area contributed by atoms with Crippen molar-refractivity contribution in [1.82, 2.24) is 4.57 Å². The average Bonchev–Trinajstić information content (AvgIpc) is 3.46. The number of fused-ring (bicyclic) bond motifs is 5. The summed E-state index contributed by atoms with van der Waals surface area (Å²) >= 11 is 0. The van der Waals surface area contributed by atoms with Gasteiger partial charge >= 0.3 is 0 Å². The number of allylic oxidation sites excluding steroid dienone is 3. The smallest absolute Gasteiger partial charge is 0.285 e. The van der Waals surface area contributed by atoms with Crippen LogP contribution in [0.3, 0.4) is 0 Å². The molecule has 4 aromatic rings. The van der Waals surface area contributed by atoms with Crippen LogP contribution in [0.4, 0.5) is 5.69 Å². The first-order chi connectivity index (χ1) is 15.7. The van der Waals surface area contributed by atoms with Gasteiger partial charge < -0.3 is 33.6 Å². The monoisotopic (exact) mass is 549 g/mol. The molecule has 2 aliphatic heterocycles. The van der Waals surface area contributed by atoms with E-state index in [0.29, 0.717) is 0 Å². The highest BCUT2D eigenvalue weighted by molar-refractivity contribution is 5.95. The van der Waals surface area contributed by atoms with Crippen molar-refractivity contribution in [2.75, 3.05) is 11.4 Å². The zero-order chi connectivity index (χ0) is 21.8. The summed E-state index contributed by atoms with van der Waals surface area (Å²) in [6, 6.07) is 19.7. The van der Waals surface area contributed by atoms with E-state index in [-0.39, 0.29) is 24.0 Å². The van der Waals surface area contributed by atoms with Gasteiger partial charge in [0.15, 0.2) is 16.8 Å². The van der Waals surface area contributed by atoms with Crippen LogP contribution in [0.1, 0.15) is 31.7 Å². The molecule has 0 atom stereocenters. The van der Waals surface area contributed by atoms with Gasteiger partial charge in [-0.25, -0.2) is 9.13 Å². The zero-order valence-corrected chi connectivity index (χ0v) is 21.5. The molecule has 168 valence electrons. The fourth-order valence-corrected chi connectivity index (χ4v) is 5.25. The predicted molar refractivity (Wildman–Crippen MR) is 131 cm³/mol. The number of hydrogen-bond acceptors (Lipinski definition) is 2. The molecule has 0 fully saturated rings. The molecule has 3 aromatic carbocycles. The first-order valence-electron chi connectivity index (χ1n) is 11.6. The second-order valence-electron chi connectivity index (χ2n) is 8.67. The van der Waals surface area contributed by atoms with E-state index in [9.17, 15) is 0 Å². The fraction of sp³-hybridized carbons (Fsp3) is 0.250. The Morgan fingerprint density at radius 3 is 2.55 bits per heavy atom. The van der Waals surface area contributed by atoms with E-state index in [1.807, 2.05) is 0 Å². The molecule has 1 aromatic heterocycles. The van der Waals surface area contributed by atoms with Crippen LogP contribution in [0.25, 0.3) is 27.4 Å². The SMILES string of the molecule is CCN1C(=CC=C2CCn3c2[n+](CC)c2cc4ccccc4cc23)Oc2ccc(C)cc21.[I-]. The Bertz CT molecular complexity index is 1410. The Morgan fingerprint density at radius 2 is 1.79 bits per heavy atom. The van der Waals surface area contributed by atoms with E-state index in [4.69, 9.17) is 4.74 Å². The van der Waals surface area contributed by atoms with E-state index in [2.05, 4.69) is 102 Å². The summed E-state index contributed by atoms with van der Waals surface area (Å²) in [5, 5.41) is 2.60. The number of nitrogens with zero attached hydrogens (tertiary/aromatic N) is 3. The van der Waals surface area contributed by atoms with Gasteiger partial charge in [0.25, 0.3) is 5.82 Å². The molecule has 6 rings (SSSR count). The third-order valence-electron chi connectivity index (χ3n) is 6.77. The maximum absolute atomic E-state index is 6.21. The quantitative estimate of drug-likeness (QED) is 0.290. The van der Waals surface area contributed by atoms with Gasteiger partial charge in [-0.1, -0.05) is 30.3 Å². The number of aryl methyl sites for hydroxylation is 3. The Morgan fingerprint density at radius 1 is 1.00 bits per heavy atom. The lowest BCUT2D eigenvalue weighted by atomic mass is 10.1. The Hall–Kier alpha value is -2.80. The van der Waals surface area contributed by atoms with Crippen molar-refractivity contribution in [3.8, 4) is 5.75 Å². The lowest BCUT2D eigenvalue weighted by molar-refractivity contribution is -0.670. The predicted octanol–water partition coefficient (Wildman–Crippen LogP) is 2.96. The van der Waals surface area contributed by atoms with Gasteiger partial charge in [-0.2, -0.15) is 0 Å². The molecule has 3 heterocycles. The van der Waals surface area contributed by atoms with Crippen LogP contribution in [-0.2, 0) is 13.1 Å².